The monoisotopic (exact) mass is 1030 g/mol. The summed E-state index contributed by atoms with van der Waals surface area (Å²) in [4.78, 5) is 0. The summed E-state index contributed by atoms with van der Waals surface area (Å²) in [5.74, 6) is 0. The molecule has 0 amide bonds. The van der Waals surface area contributed by atoms with Gasteiger partial charge in [-0.25, -0.2) is 0 Å². The van der Waals surface area contributed by atoms with Gasteiger partial charge < -0.3 is 0 Å². The van der Waals surface area contributed by atoms with Crippen LogP contribution in [0, 0.1) is 0 Å². The molecule has 2 aliphatic rings. The van der Waals surface area contributed by atoms with Crippen molar-refractivity contribution in [2.24, 2.45) is 0 Å². The van der Waals surface area contributed by atoms with Crippen LogP contribution in [0.5, 0.6) is 0 Å². The average Bonchev–Trinajstić information content (AvgIpc) is 3.99. The second kappa shape index (κ2) is 19.5. The van der Waals surface area contributed by atoms with Crippen molar-refractivity contribution in [1.82, 2.24) is 0 Å². The van der Waals surface area contributed by atoms with Gasteiger partial charge in [-0.05, 0) is 201 Å². The van der Waals surface area contributed by atoms with Crippen molar-refractivity contribution in [3.05, 3.63) is 253 Å². The number of rotatable bonds is 5. The average molecular weight is 1030 g/mol. The fraction of sp³-hybridized carbons (Fsp3) is 0.150. The Kier molecular flexibility index (Phi) is 13.0. The Morgan fingerprint density at radius 1 is 0.212 bits per heavy atom. The van der Waals surface area contributed by atoms with E-state index in [0.29, 0.717) is 0 Å². The molecular weight excluding hydrogens is 961 g/mol. The highest BCUT2D eigenvalue weighted by Crippen LogP contribution is 2.55. The lowest BCUT2D eigenvalue weighted by Gasteiger charge is -2.24. The molecule has 2 aliphatic carbocycles. The molecule has 0 aromatic heterocycles. The Bertz CT molecular complexity index is 4410. The Morgan fingerprint density at radius 2 is 0.500 bits per heavy atom. The van der Waals surface area contributed by atoms with Crippen LogP contribution in [0.2, 0.25) is 0 Å². The van der Waals surface area contributed by atoms with E-state index in [9.17, 15) is 0 Å². The molecule has 0 aliphatic heterocycles. The first-order valence-electron chi connectivity index (χ1n) is 27.3. The van der Waals surface area contributed by atoms with Gasteiger partial charge in [-0.15, -0.1) is 0 Å². The van der Waals surface area contributed by atoms with Crippen molar-refractivity contribution in [2.75, 3.05) is 0 Å². The van der Waals surface area contributed by atoms with Crippen molar-refractivity contribution >= 4 is 64.6 Å². The lowest BCUT2D eigenvalue weighted by Crippen LogP contribution is -2.15. The molecule has 0 unspecified atom stereocenters. The lowest BCUT2D eigenvalue weighted by molar-refractivity contribution is 0.660. The molecule has 80 heavy (non-hydrogen) atoms. The van der Waals surface area contributed by atoms with Gasteiger partial charge in [0.25, 0.3) is 0 Å². The minimum atomic E-state index is -0.189. The summed E-state index contributed by atoms with van der Waals surface area (Å²) in [7, 11) is 0. The summed E-state index contributed by atoms with van der Waals surface area (Å²) in [5, 5.41) is 15.8. The predicted octanol–water partition coefficient (Wildman–Crippen LogP) is 24.0. The molecule has 0 spiro atoms. The van der Waals surface area contributed by atoms with E-state index < -0.39 is 0 Å². The fourth-order valence-corrected chi connectivity index (χ4v) is 14.1. The standard InChI is InChI=1S/C74H50.C2H6.4CH4/c1-73(2)65-39-47(29-33-57(65)59-35-31-49(41-67(59)73)53-19-5-7-21-55(53)63-37-51-17-9-13-43-25-27-45-15-11-23-61(63)71(45)69(43)51)48-30-34-58-60-36-32-50(42-68(60)74(3,4)66(58)40-48)54-20-6-8-22-56(54)64-38-52-18-10-14-44-26-28-46-16-12-24-62(64)72(46)70(44)52;1-2;;;;/h5-42H,1-4H3;1-2H3;4*1H4. The molecule has 14 aromatic rings. The summed E-state index contributed by atoms with van der Waals surface area (Å²) in [6.45, 7) is 13.7. The second-order valence-corrected chi connectivity index (χ2v) is 22.3. The van der Waals surface area contributed by atoms with Crippen LogP contribution in [0.3, 0.4) is 0 Å². The quantitative estimate of drug-likeness (QED) is 0.151. The maximum atomic E-state index is 2.49. The Labute approximate surface area is 474 Å². The highest BCUT2D eigenvalue weighted by molar-refractivity contribution is 6.28. The third-order valence-electron chi connectivity index (χ3n) is 17.8. The lowest BCUT2D eigenvalue weighted by atomic mass is 9.79. The van der Waals surface area contributed by atoms with E-state index in [1.165, 1.54) is 165 Å². The molecule has 14 aromatic carbocycles. The van der Waals surface area contributed by atoms with E-state index in [-0.39, 0.29) is 40.5 Å². The maximum absolute atomic E-state index is 2.49. The normalized spacial score (nSPS) is 13.2. The molecule has 392 valence electrons. The third kappa shape index (κ3) is 7.49. The molecule has 0 nitrogen and oxygen atoms in total. The van der Waals surface area contributed by atoms with E-state index >= 15 is 0 Å². The molecule has 0 fully saturated rings. The first-order valence-corrected chi connectivity index (χ1v) is 27.3. The Morgan fingerprint density at radius 3 is 0.863 bits per heavy atom. The minimum Gasteiger partial charge on any atom is -0.0776 e. The number of hydrogen-bond donors (Lipinski definition) is 0. The SMILES string of the molecule is C.C.C.C.CC.CC1(C)c2cc(-c3ccc4c(c3)C(C)(C)c3cc(-c5ccccc5-c5cc6cccc7ccc8cccc5c8c76)ccc3-4)ccc2-c2ccc(-c3ccccc3-c3cc4cccc5ccc6cccc3c6c54)cc21. The summed E-state index contributed by atoms with van der Waals surface area (Å²) in [6, 6.07) is 87.9. The van der Waals surface area contributed by atoms with Crippen molar-refractivity contribution < 1.29 is 0 Å². The van der Waals surface area contributed by atoms with Crippen LogP contribution in [-0.4, -0.2) is 0 Å². The molecular formula is C80H72. The first-order chi connectivity index (χ1) is 37.2. The highest BCUT2D eigenvalue weighted by atomic mass is 14.4. The Balaban J connectivity index is 0.00000111. The zero-order chi connectivity index (χ0) is 51.2. The molecule has 16 rings (SSSR count). The van der Waals surface area contributed by atoms with Gasteiger partial charge in [0.2, 0.25) is 0 Å². The summed E-state index contributed by atoms with van der Waals surface area (Å²) in [6.07, 6.45) is 0. The van der Waals surface area contributed by atoms with Crippen LogP contribution in [0.25, 0.3) is 143 Å². The van der Waals surface area contributed by atoms with Crippen LogP contribution in [0.1, 0.15) is 93.5 Å². The fourth-order valence-electron chi connectivity index (χ4n) is 14.1. The van der Waals surface area contributed by atoms with Crippen molar-refractivity contribution in [3.63, 3.8) is 0 Å². The van der Waals surface area contributed by atoms with Crippen molar-refractivity contribution in [2.45, 2.75) is 82.1 Å². The third-order valence-corrected chi connectivity index (χ3v) is 17.8. The molecule has 0 saturated carbocycles. The molecule has 0 saturated heterocycles. The number of benzene rings is 14. The maximum Gasteiger partial charge on any atom is 0.0159 e. The second-order valence-electron chi connectivity index (χ2n) is 22.3. The predicted molar refractivity (Wildman–Crippen MR) is 354 cm³/mol. The van der Waals surface area contributed by atoms with Crippen LogP contribution in [0.4, 0.5) is 0 Å². The van der Waals surface area contributed by atoms with Crippen LogP contribution in [-0.2, 0) is 10.8 Å². The first kappa shape index (κ1) is 53.2. The van der Waals surface area contributed by atoms with Gasteiger partial charge in [-0.2, -0.15) is 0 Å². The van der Waals surface area contributed by atoms with Gasteiger partial charge in [0, 0.05) is 10.8 Å². The van der Waals surface area contributed by atoms with E-state index in [2.05, 4.69) is 258 Å². The van der Waals surface area contributed by atoms with Gasteiger partial charge in [-0.3, -0.25) is 0 Å². The van der Waals surface area contributed by atoms with Crippen molar-refractivity contribution in [3.8, 4) is 77.9 Å². The molecule has 0 heterocycles. The molecule has 0 N–H and O–H groups in total. The van der Waals surface area contributed by atoms with E-state index in [1.54, 1.807) is 0 Å². The summed E-state index contributed by atoms with van der Waals surface area (Å²) < 4.78 is 0. The van der Waals surface area contributed by atoms with E-state index in [0.717, 1.165) is 0 Å². The Hall–Kier alpha value is -8.84. The number of fused-ring (bicyclic) bond motifs is 6. The highest BCUT2D eigenvalue weighted by Gasteiger charge is 2.38. The minimum absolute atomic E-state index is 0. The van der Waals surface area contributed by atoms with Gasteiger partial charge in [0.15, 0.2) is 0 Å². The van der Waals surface area contributed by atoms with Crippen LogP contribution >= 0.6 is 0 Å². The van der Waals surface area contributed by atoms with Crippen molar-refractivity contribution in [1.29, 1.82) is 0 Å². The van der Waals surface area contributed by atoms with Gasteiger partial charge >= 0.3 is 0 Å². The van der Waals surface area contributed by atoms with Gasteiger partial charge in [0.1, 0.15) is 0 Å². The van der Waals surface area contributed by atoms with Gasteiger partial charge in [0.05, 0.1) is 0 Å². The van der Waals surface area contributed by atoms with Gasteiger partial charge in [-0.1, -0.05) is 265 Å². The summed E-state index contributed by atoms with van der Waals surface area (Å²) in [5.41, 5.74) is 23.2. The zero-order valence-electron chi connectivity index (χ0n) is 43.9. The molecule has 0 heteroatoms. The molecule has 0 radical (unpaired) electrons. The topological polar surface area (TPSA) is 0 Å². The largest absolute Gasteiger partial charge is 0.0776 e. The van der Waals surface area contributed by atoms with Crippen LogP contribution in [0.15, 0.2) is 231 Å². The molecule has 0 bridgehead atoms. The zero-order valence-corrected chi connectivity index (χ0v) is 43.9. The van der Waals surface area contributed by atoms with Crippen LogP contribution < -0.4 is 0 Å². The molecule has 0 atom stereocenters. The summed E-state index contributed by atoms with van der Waals surface area (Å²) >= 11 is 0. The smallest absolute Gasteiger partial charge is 0.0159 e. The van der Waals surface area contributed by atoms with E-state index in [4.69, 9.17) is 0 Å². The van der Waals surface area contributed by atoms with E-state index in [1.807, 2.05) is 13.8 Å². The number of hydrogen-bond acceptors (Lipinski definition) is 0.